The summed E-state index contributed by atoms with van der Waals surface area (Å²) in [6.45, 7) is 4.47. The smallest absolute Gasteiger partial charge is 0.0962 e. The molecule has 0 unspecified atom stereocenters. The number of hydrogen-bond acceptors (Lipinski definition) is 3. The number of hydrogen-bond donors (Lipinski definition) is 1. The average Bonchev–Trinajstić information content (AvgIpc) is 2.40. The molecule has 58 valence electrons. The van der Waals surface area contributed by atoms with E-state index >= 15 is 0 Å². The van der Waals surface area contributed by atoms with Crippen LogP contribution in [-0.2, 0) is 13.6 Å². The van der Waals surface area contributed by atoms with Crippen LogP contribution in [0.1, 0.15) is 19.5 Å². The predicted molar refractivity (Wildman–Crippen MR) is 40.2 cm³/mol. The summed E-state index contributed by atoms with van der Waals surface area (Å²) in [6, 6.07) is 0. The maximum absolute atomic E-state index is 5.25. The van der Waals surface area contributed by atoms with Crippen molar-refractivity contribution in [3.8, 4) is 0 Å². The average molecular weight is 142 g/mol. The summed E-state index contributed by atoms with van der Waals surface area (Å²) in [5.41, 5.74) is 6.07. The summed E-state index contributed by atoms with van der Waals surface area (Å²) >= 11 is 0. The summed E-state index contributed by atoms with van der Waals surface area (Å²) in [5.74, 6) is 0. The zero-order chi connectivity index (χ0) is 7.98. The molecule has 0 aromatic carbocycles. The molecule has 0 aliphatic rings. The Balaban J connectivity index is 0.000000371. The fourth-order valence-corrected chi connectivity index (χ4v) is 0.489. The van der Waals surface area contributed by atoms with Gasteiger partial charge in [0.05, 0.1) is 5.69 Å². The molecule has 0 atom stereocenters. The van der Waals surface area contributed by atoms with Crippen molar-refractivity contribution < 1.29 is 0 Å². The molecule has 1 aromatic heterocycles. The van der Waals surface area contributed by atoms with E-state index in [1.54, 1.807) is 10.9 Å². The van der Waals surface area contributed by atoms with Crippen LogP contribution in [0.25, 0.3) is 0 Å². The van der Waals surface area contributed by atoms with Gasteiger partial charge in [-0.3, -0.25) is 4.68 Å². The van der Waals surface area contributed by atoms with Crippen LogP contribution >= 0.6 is 0 Å². The molecule has 4 heteroatoms. The molecule has 4 nitrogen and oxygen atoms in total. The van der Waals surface area contributed by atoms with Gasteiger partial charge in [-0.15, -0.1) is 5.10 Å². The van der Waals surface area contributed by atoms with E-state index in [1.165, 1.54) is 0 Å². The number of aromatic nitrogens is 3. The molecule has 1 rings (SSSR count). The van der Waals surface area contributed by atoms with Gasteiger partial charge in [-0.25, -0.2) is 0 Å². The van der Waals surface area contributed by atoms with Crippen molar-refractivity contribution in [2.75, 3.05) is 0 Å². The van der Waals surface area contributed by atoms with E-state index in [9.17, 15) is 0 Å². The van der Waals surface area contributed by atoms with E-state index < -0.39 is 0 Å². The minimum absolute atomic E-state index is 0.466. The lowest BCUT2D eigenvalue weighted by molar-refractivity contribution is 0.713. The Kier molecular flexibility index (Phi) is 4.49. The molecule has 2 N–H and O–H groups in total. The SMILES string of the molecule is CC.Cn1cc(CN)nn1. The van der Waals surface area contributed by atoms with Gasteiger partial charge in [-0.05, 0) is 0 Å². The van der Waals surface area contributed by atoms with E-state index in [0.717, 1.165) is 5.69 Å². The van der Waals surface area contributed by atoms with Crippen molar-refractivity contribution in [1.29, 1.82) is 0 Å². The first-order valence-corrected chi connectivity index (χ1v) is 3.38. The van der Waals surface area contributed by atoms with Crippen molar-refractivity contribution in [2.24, 2.45) is 12.8 Å². The van der Waals surface area contributed by atoms with Crippen LogP contribution in [-0.4, -0.2) is 15.0 Å². The van der Waals surface area contributed by atoms with Crippen LogP contribution in [0.15, 0.2) is 6.20 Å². The molecule has 0 spiro atoms. The third-order valence-electron chi connectivity index (χ3n) is 0.859. The van der Waals surface area contributed by atoms with E-state index in [4.69, 9.17) is 5.73 Å². The van der Waals surface area contributed by atoms with Crippen LogP contribution in [0.5, 0.6) is 0 Å². The Labute approximate surface area is 61.0 Å². The summed E-state index contributed by atoms with van der Waals surface area (Å²) in [5, 5.41) is 7.40. The van der Waals surface area contributed by atoms with Gasteiger partial charge in [0.15, 0.2) is 0 Å². The van der Waals surface area contributed by atoms with Crippen LogP contribution < -0.4 is 5.73 Å². The van der Waals surface area contributed by atoms with Gasteiger partial charge in [0, 0.05) is 19.8 Å². The Hall–Kier alpha value is -0.900. The molecular formula is C6H14N4. The van der Waals surface area contributed by atoms with Crippen LogP contribution in [0, 0.1) is 0 Å². The summed E-state index contributed by atoms with van der Waals surface area (Å²) in [6.07, 6.45) is 1.79. The maximum Gasteiger partial charge on any atom is 0.0962 e. The Bertz CT molecular complexity index is 170. The van der Waals surface area contributed by atoms with E-state index in [1.807, 2.05) is 20.9 Å². The highest BCUT2D eigenvalue weighted by Gasteiger charge is 1.90. The van der Waals surface area contributed by atoms with Gasteiger partial charge in [0.25, 0.3) is 0 Å². The zero-order valence-corrected chi connectivity index (χ0v) is 6.70. The minimum Gasteiger partial charge on any atom is -0.325 e. The van der Waals surface area contributed by atoms with Gasteiger partial charge in [0.2, 0.25) is 0 Å². The number of nitrogens with zero attached hydrogens (tertiary/aromatic N) is 3. The lowest BCUT2D eigenvalue weighted by Gasteiger charge is -1.79. The van der Waals surface area contributed by atoms with Crippen molar-refractivity contribution in [2.45, 2.75) is 20.4 Å². The van der Waals surface area contributed by atoms with Gasteiger partial charge in [-0.2, -0.15) is 0 Å². The van der Waals surface area contributed by atoms with Crippen LogP contribution in [0.3, 0.4) is 0 Å². The van der Waals surface area contributed by atoms with Gasteiger partial charge in [-0.1, -0.05) is 19.1 Å². The zero-order valence-electron chi connectivity index (χ0n) is 6.70. The second-order valence-electron chi connectivity index (χ2n) is 1.59. The molecular weight excluding hydrogens is 128 g/mol. The number of aryl methyl sites for hydroxylation is 1. The third-order valence-corrected chi connectivity index (χ3v) is 0.859. The first kappa shape index (κ1) is 9.10. The lowest BCUT2D eigenvalue weighted by Crippen LogP contribution is -1.95. The highest BCUT2D eigenvalue weighted by Crippen LogP contribution is 1.85. The highest BCUT2D eigenvalue weighted by atomic mass is 15.4. The monoisotopic (exact) mass is 142 g/mol. The summed E-state index contributed by atoms with van der Waals surface area (Å²) < 4.78 is 1.63. The first-order valence-electron chi connectivity index (χ1n) is 3.38. The second-order valence-corrected chi connectivity index (χ2v) is 1.59. The largest absolute Gasteiger partial charge is 0.325 e. The van der Waals surface area contributed by atoms with E-state index in [0.29, 0.717) is 6.54 Å². The molecule has 0 saturated heterocycles. The van der Waals surface area contributed by atoms with Crippen molar-refractivity contribution in [1.82, 2.24) is 15.0 Å². The lowest BCUT2D eigenvalue weighted by atomic mass is 10.5. The third kappa shape index (κ3) is 2.59. The van der Waals surface area contributed by atoms with Crippen molar-refractivity contribution in [3.05, 3.63) is 11.9 Å². The fraction of sp³-hybridized carbons (Fsp3) is 0.667. The molecule has 0 bridgehead atoms. The summed E-state index contributed by atoms with van der Waals surface area (Å²) in [7, 11) is 1.81. The minimum atomic E-state index is 0.466. The Morgan fingerprint density at radius 1 is 1.60 bits per heavy atom. The molecule has 1 aromatic rings. The molecule has 1 heterocycles. The molecule has 0 aliphatic heterocycles. The Morgan fingerprint density at radius 2 is 2.20 bits per heavy atom. The quantitative estimate of drug-likeness (QED) is 0.613. The molecule has 10 heavy (non-hydrogen) atoms. The molecule has 0 amide bonds. The van der Waals surface area contributed by atoms with Gasteiger partial charge in [0.1, 0.15) is 0 Å². The van der Waals surface area contributed by atoms with Crippen molar-refractivity contribution >= 4 is 0 Å². The predicted octanol–water partition coefficient (Wildman–Crippen LogP) is 0.300. The second kappa shape index (κ2) is 4.93. The number of rotatable bonds is 1. The maximum atomic E-state index is 5.25. The van der Waals surface area contributed by atoms with Crippen molar-refractivity contribution in [3.63, 3.8) is 0 Å². The molecule has 0 aliphatic carbocycles. The molecule has 0 fully saturated rings. The highest BCUT2D eigenvalue weighted by molar-refractivity contribution is 4.89. The number of nitrogens with two attached hydrogens (primary N) is 1. The van der Waals surface area contributed by atoms with Crippen LogP contribution in [0.2, 0.25) is 0 Å². The van der Waals surface area contributed by atoms with Gasteiger partial charge >= 0.3 is 0 Å². The fourth-order valence-electron chi connectivity index (χ4n) is 0.489. The van der Waals surface area contributed by atoms with E-state index in [2.05, 4.69) is 10.3 Å². The van der Waals surface area contributed by atoms with Gasteiger partial charge < -0.3 is 5.73 Å². The molecule has 0 saturated carbocycles. The van der Waals surface area contributed by atoms with Crippen LogP contribution in [0.4, 0.5) is 0 Å². The Morgan fingerprint density at radius 3 is 2.40 bits per heavy atom. The molecule has 0 radical (unpaired) electrons. The van der Waals surface area contributed by atoms with E-state index in [-0.39, 0.29) is 0 Å². The first-order chi connectivity index (χ1) is 4.83. The summed E-state index contributed by atoms with van der Waals surface area (Å²) in [4.78, 5) is 0. The normalized spacial score (nSPS) is 8.40. The topological polar surface area (TPSA) is 56.7 Å². The standard InChI is InChI=1S/C4H8N4.C2H6/c1-8-3-4(2-5)6-7-8;1-2/h3H,2,5H2,1H3;1-2H3.